The second-order valence-corrected chi connectivity index (χ2v) is 6.28. The lowest BCUT2D eigenvalue weighted by molar-refractivity contribution is 0.0376. The number of aromatic amines is 1. The molecule has 2 atom stereocenters. The lowest BCUT2D eigenvalue weighted by atomic mass is 9.91. The van der Waals surface area contributed by atoms with Crippen LogP contribution in [0.1, 0.15) is 16.9 Å². The Morgan fingerprint density at radius 3 is 2.86 bits per heavy atom. The first kappa shape index (κ1) is 15.1. The molecule has 1 aliphatic rings. The summed E-state index contributed by atoms with van der Waals surface area (Å²) in [4.78, 5) is 19.9. The molecule has 118 valence electrons. The monoisotopic (exact) mass is 301 g/mol. The van der Waals surface area contributed by atoms with Crippen molar-refractivity contribution < 1.29 is 9.90 Å². The van der Waals surface area contributed by atoms with Crippen molar-refractivity contribution in [1.82, 2.24) is 14.8 Å². The normalized spacial score (nSPS) is 22.5. The number of likely N-dealkylation sites (tertiary alicyclic amines) is 1. The largest absolute Gasteiger partial charge is 0.396 e. The standard InChI is InChI=1S/C17H23N3O2/c1-19(2)16-10-20(8-7-13(16)11-21)17(22)15-9-12-5-3-4-6-14(12)18-15/h3-6,9,13,16,18,21H,7-8,10-11H2,1-2H3/t13-,16-/m1/s1. The molecular formula is C17H23N3O2. The van der Waals surface area contributed by atoms with Crippen LogP contribution in [0.15, 0.2) is 30.3 Å². The number of fused-ring (bicyclic) bond motifs is 1. The molecule has 1 aromatic heterocycles. The number of piperidine rings is 1. The van der Waals surface area contributed by atoms with Crippen molar-refractivity contribution in [3.05, 3.63) is 36.0 Å². The molecule has 5 nitrogen and oxygen atoms in total. The average Bonchev–Trinajstić information content (AvgIpc) is 2.97. The third-order valence-electron chi connectivity index (χ3n) is 4.67. The molecule has 0 unspecified atom stereocenters. The first-order valence-electron chi connectivity index (χ1n) is 7.74. The summed E-state index contributed by atoms with van der Waals surface area (Å²) in [6.45, 7) is 1.54. The summed E-state index contributed by atoms with van der Waals surface area (Å²) in [5, 5.41) is 10.6. The number of nitrogens with one attached hydrogen (secondary N) is 1. The Kier molecular flexibility index (Phi) is 4.18. The Labute approximate surface area is 130 Å². The van der Waals surface area contributed by atoms with Gasteiger partial charge in [0.2, 0.25) is 0 Å². The minimum Gasteiger partial charge on any atom is -0.396 e. The molecule has 0 spiro atoms. The number of aliphatic hydroxyl groups excluding tert-OH is 1. The number of amides is 1. The highest BCUT2D eigenvalue weighted by atomic mass is 16.3. The van der Waals surface area contributed by atoms with Crippen molar-refractivity contribution in [1.29, 1.82) is 0 Å². The van der Waals surface area contributed by atoms with Gasteiger partial charge >= 0.3 is 0 Å². The molecule has 0 radical (unpaired) electrons. The van der Waals surface area contributed by atoms with Gasteiger partial charge in [-0.3, -0.25) is 4.79 Å². The highest BCUT2D eigenvalue weighted by Gasteiger charge is 2.33. The van der Waals surface area contributed by atoms with Gasteiger partial charge in [-0.05, 0) is 32.6 Å². The second-order valence-electron chi connectivity index (χ2n) is 6.28. The van der Waals surface area contributed by atoms with Crippen LogP contribution in [0.2, 0.25) is 0 Å². The van der Waals surface area contributed by atoms with Crippen LogP contribution in [0.25, 0.3) is 10.9 Å². The van der Waals surface area contributed by atoms with E-state index < -0.39 is 0 Å². The molecule has 1 amide bonds. The van der Waals surface area contributed by atoms with E-state index >= 15 is 0 Å². The molecule has 0 bridgehead atoms. The Morgan fingerprint density at radius 2 is 2.18 bits per heavy atom. The number of aromatic nitrogens is 1. The lowest BCUT2D eigenvalue weighted by Gasteiger charge is -2.41. The summed E-state index contributed by atoms with van der Waals surface area (Å²) in [6, 6.07) is 10.0. The van der Waals surface area contributed by atoms with Crippen LogP contribution in [0.4, 0.5) is 0 Å². The van der Waals surface area contributed by atoms with Gasteiger partial charge in [0.25, 0.3) is 5.91 Å². The molecule has 2 N–H and O–H groups in total. The molecule has 1 aromatic carbocycles. The fourth-order valence-electron chi connectivity index (χ4n) is 3.32. The molecule has 1 saturated heterocycles. The molecule has 3 rings (SSSR count). The van der Waals surface area contributed by atoms with Crippen LogP contribution in [-0.4, -0.2) is 65.6 Å². The Morgan fingerprint density at radius 1 is 1.41 bits per heavy atom. The molecule has 0 saturated carbocycles. The first-order chi connectivity index (χ1) is 10.6. The van der Waals surface area contributed by atoms with E-state index in [9.17, 15) is 9.90 Å². The van der Waals surface area contributed by atoms with Crippen molar-refractivity contribution >= 4 is 16.8 Å². The Balaban J connectivity index is 1.80. The highest BCUT2D eigenvalue weighted by Crippen LogP contribution is 2.23. The molecule has 0 aliphatic carbocycles. The van der Waals surface area contributed by atoms with E-state index in [1.807, 2.05) is 49.3 Å². The zero-order chi connectivity index (χ0) is 15.7. The second kappa shape index (κ2) is 6.10. The SMILES string of the molecule is CN(C)[C@@H]1CN(C(=O)c2cc3ccccc3[nH]2)CC[C@@H]1CO. The van der Waals surface area contributed by atoms with Gasteiger partial charge in [0.15, 0.2) is 0 Å². The van der Waals surface area contributed by atoms with E-state index in [4.69, 9.17) is 0 Å². The predicted octanol–water partition coefficient (Wildman–Crippen LogP) is 1.55. The number of H-pyrrole nitrogens is 1. The minimum atomic E-state index is 0.0411. The maximum atomic E-state index is 12.7. The number of nitrogens with zero attached hydrogens (tertiary/aromatic N) is 2. The zero-order valence-electron chi connectivity index (χ0n) is 13.1. The number of rotatable bonds is 3. The molecule has 22 heavy (non-hydrogen) atoms. The summed E-state index contributed by atoms with van der Waals surface area (Å²) in [5.41, 5.74) is 1.63. The van der Waals surface area contributed by atoms with E-state index in [-0.39, 0.29) is 24.5 Å². The predicted molar refractivity (Wildman–Crippen MR) is 86.9 cm³/mol. The van der Waals surface area contributed by atoms with Crippen molar-refractivity contribution in [2.45, 2.75) is 12.5 Å². The van der Waals surface area contributed by atoms with E-state index in [0.717, 1.165) is 17.3 Å². The highest BCUT2D eigenvalue weighted by molar-refractivity contribution is 5.98. The molecule has 2 aromatic rings. The number of benzene rings is 1. The van der Waals surface area contributed by atoms with Gasteiger partial charge < -0.3 is 19.9 Å². The molecule has 1 fully saturated rings. The maximum absolute atomic E-state index is 12.7. The number of likely N-dealkylation sites (N-methyl/N-ethyl adjacent to an activating group) is 1. The van der Waals surface area contributed by atoms with Crippen molar-refractivity contribution in [2.24, 2.45) is 5.92 Å². The number of carbonyl (C=O) groups is 1. The average molecular weight is 301 g/mol. The van der Waals surface area contributed by atoms with Gasteiger partial charge in [-0.15, -0.1) is 0 Å². The minimum absolute atomic E-state index is 0.0411. The number of carbonyl (C=O) groups excluding carboxylic acids is 1. The Bertz CT molecular complexity index is 632. The quantitative estimate of drug-likeness (QED) is 0.904. The summed E-state index contributed by atoms with van der Waals surface area (Å²) in [5.74, 6) is 0.279. The van der Waals surface area contributed by atoms with Crippen molar-refractivity contribution in [3.8, 4) is 0 Å². The summed E-state index contributed by atoms with van der Waals surface area (Å²) in [7, 11) is 4.01. The van der Waals surface area contributed by atoms with Crippen LogP contribution >= 0.6 is 0 Å². The van der Waals surface area contributed by atoms with Crippen molar-refractivity contribution in [3.63, 3.8) is 0 Å². The number of aliphatic hydroxyl groups is 1. The Hall–Kier alpha value is -1.85. The zero-order valence-corrected chi connectivity index (χ0v) is 13.1. The van der Waals surface area contributed by atoms with Gasteiger partial charge in [-0.2, -0.15) is 0 Å². The molecule has 1 aliphatic heterocycles. The van der Waals surface area contributed by atoms with Crippen LogP contribution in [0, 0.1) is 5.92 Å². The van der Waals surface area contributed by atoms with E-state index in [1.54, 1.807) is 0 Å². The van der Waals surface area contributed by atoms with Crippen LogP contribution in [0.5, 0.6) is 0 Å². The van der Waals surface area contributed by atoms with E-state index in [2.05, 4.69) is 9.88 Å². The summed E-state index contributed by atoms with van der Waals surface area (Å²) >= 11 is 0. The smallest absolute Gasteiger partial charge is 0.270 e. The van der Waals surface area contributed by atoms with Gasteiger partial charge in [0, 0.05) is 42.6 Å². The van der Waals surface area contributed by atoms with Crippen LogP contribution in [-0.2, 0) is 0 Å². The van der Waals surface area contributed by atoms with Crippen LogP contribution < -0.4 is 0 Å². The van der Waals surface area contributed by atoms with Crippen LogP contribution in [0.3, 0.4) is 0 Å². The third-order valence-corrected chi connectivity index (χ3v) is 4.67. The maximum Gasteiger partial charge on any atom is 0.270 e. The van der Waals surface area contributed by atoms with E-state index in [0.29, 0.717) is 18.8 Å². The van der Waals surface area contributed by atoms with Gasteiger partial charge in [0.05, 0.1) is 0 Å². The fraction of sp³-hybridized carbons (Fsp3) is 0.471. The lowest BCUT2D eigenvalue weighted by Crippen LogP contribution is -2.53. The molecule has 5 heteroatoms. The third kappa shape index (κ3) is 2.74. The van der Waals surface area contributed by atoms with Gasteiger partial charge in [-0.1, -0.05) is 18.2 Å². The van der Waals surface area contributed by atoms with Gasteiger partial charge in [0.1, 0.15) is 5.69 Å². The molecule has 2 heterocycles. The number of hydrogen-bond donors (Lipinski definition) is 2. The van der Waals surface area contributed by atoms with E-state index in [1.165, 1.54) is 0 Å². The summed E-state index contributed by atoms with van der Waals surface area (Å²) in [6.07, 6.45) is 0.839. The molecular weight excluding hydrogens is 278 g/mol. The summed E-state index contributed by atoms with van der Waals surface area (Å²) < 4.78 is 0. The first-order valence-corrected chi connectivity index (χ1v) is 7.74. The number of hydrogen-bond acceptors (Lipinski definition) is 3. The fourth-order valence-corrected chi connectivity index (χ4v) is 3.32. The number of para-hydroxylation sites is 1. The van der Waals surface area contributed by atoms with Gasteiger partial charge in [-0.25, -0.2) is 0 Å². The topological polar surface area (TPSA) is 59.6 Å². The van der Waals surface area contributed by atoms with Crippen molar-refractivity contribution in [2.75, 3.05) is 33.8 Å².